The van der Waals surface area contributed by atoms with E-state index in [1.807, 2.05) is 13.8 Å². The molecule has 0 amide bonds. The number of carbonyl (C=O) groups is 2. The van der Waals surface area contributed by atoms with Crippen molar-refractivity contribution in [2.75, 3.05) is 0 Å². The maximum atomic E-state index is 11.6. The van der Waals surface area contributed by atoms with Crippen LogP contribution in [0.2, 0.25) is 0 Å². The van der Waals surface area contributed by atoms with Crippen LogP contribution >= 0.6 is 11.8 Å². The van der Waals surface area contributed by atoms with Crippen molar-refractivity contribution >= 4 is 23.3 Å². The zero-order valence-electron chi connectivity index (χ0n) is 8.61. The lowest BCUT2D eigenvalue weighted by atomic mass is 9.66. The Labute approximate surface area is 87.8 Å². The molecule has 0 bridgehead atoms. The van der Waals surface area contributed by atoms with E-state index < -0.39 is 0 Å². The summed E-state index contributed by atoms with van der Waals surface area (Å²) in [4.78, 5) is 23.1. The van der Waals surface area contributed by atoms with Crippen LogP contribution in [0.5, 0.6) is 0 Å². The lowest BCUT2D eigenvalue weighted by Crippen LogP contribution is -2.60. The molecule has 2 aliphatic rings. The lowest BCUT2D eigenvalue weighted by Gasteiger charge is -2.36. The quantitative estimate of drug-likeness (QED) is 0.693. The van der Waals surface area contributed by atoms with Crippen LogP contribution in [0.25, 0.3) is 0 Å². The van der Waals surface area contributed by atoms with Crippen molar-refractivity contribution in [3.8, 4) is 0 Å². The Hall–Kier alpha value is -0.350. The van der Waals surface area contributed by atoms with E-state index in [4.69, 9.17) is 5.73 Å². The molecule has 1 aliphatic heterocycles. The van der Waals surface area contributed by atoms with E-state index in [9.17, 15) is 9.59 Å². The molecule has 1 saturated heterocycles. The van der Waals surface area contributed by atoms with Gasteiger partial charge in [-0.2, -0.15) is 0 Å². The second-order valence-corrected chi connectivity index (χ2v) is 6.56. The molecular formula is C10H15NO2S. The third kappa shape index (κ3) is 1.10. The minimum atomic E-state index is -0.339. The van der Waals surface area contributed by atoms with E-state index in [2.05, 4.69) is 0 Å². The monoisotopic (exact) mass is 213 g/mol. The van der Waals surface area contributed by atoms with Crippen LogP contribution in [0.1, 0.15) is 20.8 Å². The van der Waals surface area contributed by atoms with Crippen molar-refractivity contribution in [3.63, 3.8) is 0 Å². The molecule has 1 aliphatic carbocycles. The first kappa shape index (κ1) is 10.2. The van der Waals surface area contributed by atoms with Crippen LogP contribution in [0.3, 0.4) is 0 Å². The standard InChI is InChI=1S/C10H15NO2S/c1-4(12)6-5-8(13)7(11)9(5)14-10(6,2)3/h5-7,9H,11H2,1-3H3/t5?,6?,7-,9?/m1/s1. The van der Waals surface area contributed by atoms with Crippen molar-refractivity contribution in [2.24, 2.45) is 17.6 Å². The molecule has 1 saturated carbocycles. The molecule has 2 N–H and O–H groups in total. The molecule has 0 radical (unpaired) electrons. The summed E-state index contributed by atoms with van der Waals surface area (Å²) in [6, 6.07) is -0.339. The van der Waals surface area contributed by atoms with E-state index in [-0.39, 0.29) is 39.4 Å². The fourth-order valence-electron chi connectivity index (χ4n) is 2.75. The smallest absolute Gasteiger partial charge is 0.155 e. The largest absolute Gasteiger partial charge is 0.321 e. The van der Waals surface area contributed by atoms with Gasteiger partial charge in [-0.05, 0) is 20.8 Å². The number of carbonyl (C=O) groups excluding carboxylic acids is 2. The molecule has 3 unspecified atom stereocenters. The Morgan fingerprint density at radius 3 is 2.57 bits per heavy atom. The summed E-state index contributed by atoms with van der Waals surface area (Å²) in [6.07, 6.45) is 0. The Bertz CT molecular complexity index is 313. The SMILES string of the molecule is CC(=O)C1C2C(=O)[C@@H](N)C2SC1(C)C. The first-order valence-electron chi connectivity index (χ1n) is 4.84. The average molecular weight is 213 g/mol. The maximum absolute atomic E-state index is 11.6. The maximum Gasteiger partial charge on any atom is 0.155 e. The zero-order valence-corrected chi connectivity index (χ0v) is 9.43. The molecule has 0 aromatic heterocycles. The Balaban J connectivity index is 2.32. The molecule has 0 aromatic carbocycles. The first-order chi connectivity index (χ1) is 6.36. The van der Waals surface area contributed by atoms with E-state index in [0.29, 0.717) is 0 Å². The highest BCUT2D eigenvalue weighted by atomic mass is 32.2. The summed E-state index contributed by atoms with van der Waals surface area (Å²) < 4.78 is -0.134. The molecule has 4 heteroatoms. The fourth-order valence-corrected chi connectivity index (χ4v) is 4.63. The van der Waals surface area contributed by atoms with Gasteiger partial charge in [-0.1, -0.05) is 0 Å². The minimum absolute atomic E-state index is 0.0771. The van der Waals surface area contributed by atoms with Crippen LogP contribution in [-0.4, -0.2) is 27.6 Å². The van der Waals surface area contributed by atoms with E-state index >= 15 is 0 Å². The van der Waals surface area contributed by atoms with Crippen LogP contribution in [0, 0.1) is 11.8 Å². The Kier molecular flexibility index (Phi) is 2.05. The Morgan fingerprint density at radius 1 is 1.50 bits per heavy atom. The lowest BCUT2D eigenvalue weighted by molar-refractivity contribution is -0.138. The van der Waals surface area contributed by atoms with Gasteiger partial charge in [0.05, 0.1) is 6.04 Å². The highest BCUT2D eigenvalue weighted by molar-refractivity contribution is 8.01. The van der Waals surface area contributed by atoms with Crippen LogP contribution in [-0.2, 0) is 9.59 Å². The third-order valence-electron chi connectivity index (χ3n) is 3.35. The van der Waals surface area contributed by atoms with E-state index in [1.54, 1.807) is 18.7 Å². The van der Waals surface area contributed by atoms with Crippen LogP contribution in [0.15, 0.2) is 0 Å². The molecular weight excluding hydrogens is 198 g/mol. The molecule has 2 fully saturated rings. The van der Waals surface area contributed by atoms with Crippen LogP contribution < -0.4 is 5.73 Å². The number of hydrogen-bond acceptors (Lipinski definition) is 4. The number of nitrogens with two attached hydrogens (primary N) is 1. The van der Waals surface area contributed by atoms with Gasteiger partial charge in [0, 0.05) is 21.8 Å². The van der Waals surface area contributed by atoms with Gasteiger partial charge in [0.2, 0.25) is 0 Å². The fraction of sp³-hybridized carbons (Fsp3) is 0.800. The van der Waals surface area contributed by atoms with Gasteiger partial charge < -0.3 is 5.73 Å². The summed E-state index contributed by atoms with van der Waals surface area (Å²) in [7, 11) is 0. The van der Waals surface area contributed by atoms with Crippen molar-refractivity contribution in [3.05, 3.63) is 0 Å². The normalized spacial score (nSPS) is 44.4. The predicted octanol–water partition coefficient (Wildman–Crippen LogP) is 0.612. The van der Waals surface area contributed by atoms with Gasteiger partial charge in [-0.25, -0.2) is 0 Å². The molecule has 3 nitrogen and oxygen atoms in total. The first-order valence-corrected chi connectivity index (χ1v) is 5.72. The highest BCUT2D eigenvalue weighted by Gasteiger charge is 2.63. The number of thioether (sulfide) groups is 1. The summed E-state index contributed by atoms with van der Waals surface area (Å²) in [5.41, 5.74) is 5.71. The van der Waals surface area contributed by atoms with Crippen LogP contribution in [0.4, 0.5) is 0 Å². The molecule has 0 aromatic rings. The van der Waals surface area contributed by atoms with Gasteiger partial charge in [-0.15, -0.1) is 11.8 Å². The zero-order chi connectivity index (χ0) is 10.7. The summed E-state index contributed by atoms with van der Waals surface area (Å²) in [5.74, 6) is -0.0455. The topological polar surface area (TPSA) is 60.2 Å². The van der Waals surface area contributed by atoms with Crippen molar-refractivity contribution < 1.29 is 9.59 Å². The molecule has 78 valence electrons. The number of fused-ring (bicyclic) bond motifs is 1. The van der Waals surface area contributed by atoms with E-state index in [1.165, 1.54) is 0 Å². The minimum Gasteiger partial charge on any atom is -0.321 e. The number of Topliss-reactive ketones (excluding diaryl/α,β-unsaturated/α-hetero) is 2. The van der Waals surface area contributed by atoms with E-state index in [0.717, 1.165) is 0 Å². The molecule has 2 rings (SSSR count). The highest BCUT2D eigenvalue weighted by Crippen LogP contribution is 2.57. The van der Waals surface area contributed by atoms with Crippen molar-refractivity contribution in [2.45, 2.75) is 36.8 Å². The number of ketones is 2. The van der Waals surface area contributed by atoms with Gasteiger partial charge in [0.25, 0.3) is 0 Å². The molecule has 1 heterocycles. The van der Waals surface area contributed by atoms with Crippen molar-refractivity contribution in [1.29, 1.82) is 0 Å². The van der Waals surface area contributed by atoms with Gasteiger partial charge in [0.15, 0.2) is 5.78 Å². The number of hydrogen-bond donors (Lipinski definition) is 1. The van der Waals surface area contributed by atoms with Crippen molar-refractivity contribution in [1.82, 2.24) is 0 Å². The second-order valence-electron chi connectivity index (χ2n) is 4.73. The van der Waals surface area contributed by atoms with Gasteiger partial charge >= 0.3 is 0 Å². The summed E-state index contributed by atoms with van der Waals surface area (Å²) in [5, 5.41) is 0.173. The summed E-state index contributed by atoms with van der Waals surface area (Å²) >= 11 is 1.70. The molecule has 4 atom stereocenters. The Morgan fingerprint density at radius 2 is 2.07 bits per heavy atom. The summed E-state index contributed by atoms with van der Waals surface area (Å²) in [6.45, 7) is 5.64. The second kappa shape index (κ2) is 2.83. The van der Waals surface area contributed by atoms with Gasteiger partial charge in [0.1, 0.15) is 5.78 Å². The predicted molar refractivity (Wildman–Crippen MR) is 56.1 cm³/mol. The molecule has 14 heavy (non-hydrogen) atoms. The average Bonchev–Trinajstić information content (AvgIpc) is 2.34. The van der Waals surface area contributed by atoms with Gasteiger partial charge in [-0.3, -0.25) is 9.59 Å². The molecule has 0 spiro atoms. The number of rotatable bonds is 1. The third-order valence-corrected chi connectivity index (χ3v) is 5.07.